The van der Waals surface area contributed by atoms with Crippen molar-refractivity contribution in [1.82, 2.24) is 5.32 Å². The highest BCUT2D eigenvalue weighted by Gasteiger charge is 2.47. The van der Waals surface area contributed by atoms with E-state index in [0.29, 0.717) is 31.7 Å². The number of carbonyl (C=O) groups is 3. The first-order valence-electron chi connectivity index (χ1n) is 14.0. The van der Waals surface area contributed by atoms with Gasteiger partial charge in [-0.3, -0.25) is 14.4 Å². The van der Waals surface area contributed by atoms with Crippen LogP contribution < -0.4 is 20.1 Å². The van der Waals surface area contributed by atoms with Crippen molar-refractivity contribution in [3.63, 3.8) is 0 Å². The average Bonchev–Trinajstić information content (AvgIpc) is 3.34. The number of aliphatic carboxylic acids is 1. The van der Waals surface area contributed by atoms with Crippen molar-refractivity contribution >= 4 is 33.3 Å². The number of aliphatic hydroxyl groups is 1. The molecule has 2 saturated carbocycles. The lowest BCUT2D eigenvalue weighted by molar-refractivity contribution is -0.150. The molecule has 0 saturated heterocycles. The van der Waals surface area contributed by atoms with Crippen LogP contribution >= 0.6 is 0 Å². The fourth-order valence-electron chi connectivity index (χ4n) is 5.52. The van der Waals surface area contributed by atoms with Crippen molar-refractivity contribution in [3.05, 3.63) is 47.8 Å². The summed E-state index contributed by atoms with van der Waals surface area (Å²) in [4.78, 5) is 36.9. The smallest absolute Gasteiger partial charge is 0.496 e. The van der Waals surface area contributed by atoms with Crippen LogP contribution in [0.3, 0.4) is 0 Å². The van der Waals surface area contributed by atoms with Gasteiger partial charge < -0.3 is 30.3 Å². The van der Waals surface area contributed by atoms with Gasteiger partial charge in [-0.25, -0.2) is 12.8 Å². The van der Waals surface area contributed by atoms with Gasteiger partial charge in [-0.15, -0.1) is 0 Å². The highest BCUT2D eigenvalue weighted by atomic mass is 32.2. The van der Waals surface area contributed by atoms with Gasteiger partial charge in [0.05, 0.1) is 47.2 Å². The normalized spacial score (nSPS) is 25.3. The Bertz CT molecular complexity index is 1570. The number of benzene rings is 2. The van der Waals surface area contributed by atoms with Crippen molar-refractivity contribution in [2.45, 2.75) is 74.1 Å². The molecule has 2 amide bonds. The molecule has 0 heterocycles. The summed E-state index contributed by atoms with van der Waals surface area (Å²) in [7, 11) is -4.47. The van der Waals surface area contributed by atoms with E-state index in [4.69, 9.17) is 9.47 Å². The summed E-state index contributed by atoms with van der Waals surface area (Å²) in [5.41, 5.74) is -6.89. The second-order valence-electron chi connectivity index (χ2n) is 11.4. The molecule has 4 rings (SSSR count). The molecule has 2 aromatic rings. The highest BCUT2D eigenvalue weighted by molar-refractivity contribution is 7.92. The molecular formula is C29H32F4N2O9S. The first-order valence-corrected chi connectivity index (χ1v) is 15.4. The number of hydrogen-bond acceptors (Lipinski definition) is 8. The van der Waals surface area contributed by atoms with Crippen LogP contribution in [0.1, 0.15) is 55.8 Å². The van der Waals surface area contributed by atoms with Crippen molar-refractivity contribution in [2.24, 2.45) is 11.3 Å². The molecule has 45 heavy (non-hydrogen) atoms. The number of hydrogen-bond donors (Lipinski definition) is 4. The lowest BCUT2D eigenvalue weighted by Gasteiger charge is -2.34. The van der Waals surface area contributed by atoms with Crippen LogP contribution in [0, 0.1) is 17.2 Å². The second kappa shape index (κ2) is 12.8. The lowest BCUT2D eigenvalue weighted by Crippen LogP contribution is -2.47. The van der Waals surface area contributed by atoms with E-state index >= 15 is 0 Å². The number of carbonyl (C=O) groups excluding carboxylic acids is 2. The zero-order valence-electron chi connectivity index (χ0n) is 24.2. The van der Waals surface area contributed by atoms with Crippen LogP contribution in [-0.4, -0.2) is 67.3 Å². The Balaban J connectivity index is 1.49. The van der Waals surface area contributed by atoms with Gasteiger partial charge in [0.1, 0.15) is 5.75 Å². The van der Waals surface area contributed by atoms with Crippen molar-refractivity contribution < 1.29 is 60.0 Å². The minimum atomic E-state index is -5.67. The van der Waals surface area contributed by atoms with Gasteiger partial charge in [0, 0.05) is 11.8 Å². The maximum absolute atomic E-state index is 14.9. The zero-order chi connectivity index (χ0) is 33.3. The number of rotatable bonds is 9. The van der Waals surface area contributed by atoms with Gasteiger partial charge in [0.2, 0.25) is 5.91 Å². The number of carboxylic acids is 1. The fourth-order valence-corrected chi connectivity index (χ4v) is 6.33. The fraction of sp³-hybridized carbons (Fsp3) is 0.483. The first-order chi connectivity index (χ1) is 21.0. The van der Waals surface area contributed by atoms with Gasteiger partial charge >= 0.3 is 11.5 Å². The third-order valence-electron chi connectivity index (χ3n) is 8.32. The Morgan fingerprint density at radius 2 is 1.69 bits per heavy atom. The first kappa shape index (κ1) is 34.0. The van der Waals surface area contributed by atoms with Crippen LogP contribution in [0.15, 0.2) is 41.3 Å². The number of methoxy groups -OCH3 is 1. The highest BCUT2D eigenvalue weighted by Crippen LogP contribution is 2.39. The largest absolute Gasteiger partial charge is 0.501 e. The summed E-state index contributed by atoms with van der Waals surface area (Å²) in [6.07, 6.45) is -0.257. The molecule has 246 valence electrons. The molecule has 2 fully saturated rings. The monoisotopic (exact) mass is 660 g/mol. The summed E-state index contributed by atoms with van der Waals surface area (Å²) in [6, 6.07) is 4.46. The summed E-state index contributed by atoms with van der Waals surface area (Å²) in [6.45, 7) is 1.63. The molecule has 2 aliphatic rings. The molecule has 0 radical (unpaired) electrons. The average molecular weight is 661 g/mol. The van der Waals surface area contributed by atoms with Gasteiger partial charge in [-0.1, -0.05) is 6.07 Å². The number of nitrogens with one attached hydrogen (secondary N) is 2. The summed E-state index contributed by atoms with van der Waals surface area (Å²) >= 11 is 0. The topological polar surface area (TPSA) is 168 Å². The van der Waals surface area contributed by atoms with E-state index in [2.05, 4.69) is 10.6 Å². The molecule has 0 aliphatic heterocycles. The van der Waals surface area contributed by atoms with Gasteiger partial charge in [-0.05, 0) is 69.7 Å². The Morgan fingerprint density at radius 1 is 1.02 bits per heavy atom. The van der Waals surface area contributed by atoms with Gasteiger partial charge in [0.15, 0.2) is 11.6 Å². The molecular weight excluding hydrogens is 628 g/mol. The zero-order valence-corrected chi connectivity index (χ0v) is 25.0. The summed E-state index contributed by atoms with van der Waals surface area (Å²) in [5, 5.41) is 24.9. The third-order valence-corrected chi connectivity index (χ3v) is 9.80. The molecule has 0 spiro atoms. The van der Waals surface area contributed by atoms with Gasteiger partial charge in [-0.2, -0.15) is 13.2 Å². The van der Waals surface area contributed by atoms with Crippen LogP contribution in [0.25, 0.3) is 0 Å². The Morgan fingerprint density at radius 3 is 2.29 bits per heavy atom. The molecule has 2 aromatic carbocycles. The Kier molecular flexibility index (Phi) is 9.68. The molecule has 11 nitrogen and oxygen atoms in total. The van der Waals surface area contributed by atoms with E-state index in [1.54, 1.807) is 6.92 Å². The van der Waals surface area contributed by atoms with E-state index in [1.165, 1.54) is 13.2 Å². The standard InChI is InChI=1S/C29H32F4N2O9S/c1-28(27(39)40)10-8-16(9-11-28)44-23-13-19(22(43-2)14-20(23)30)26(38)35-24-18(6-7-21(24)36)25(37)34-15-4-3-5-17(12-15)45(41,42)29(31,32)33/h3-5,12-14,16,18,21,24,36H,6-11H2,1-2H3,(H,34,37)(H,35,38)(H,39,40)/t16?,18-,21-,24-,28?/m0/s1. The number of sulfone groups is 1. The number of carboxylic acid groups (broad SMARTS) is 1. The Hall–Kier alpha value is -3.92. The number of aliphatic hydroxyl groups excluding tert-OH is 1. The molecule has 3 atom stereocenters. The number of alkyl halides is 3. The molecule has 0 unspecified atom stereocenters. The molecule has 16 heteroatoms. The Labute approximate surface area is 255 Å². The van der Waals surface area contributed by atoms with E-state index < -0.39 is 73.4 Å². The number of ether oxygens (including phenoxy) is 2. The minimum Gasteiger partial charge on any atom is -0.496 e. The van der Waals surface area contributed by atoms with E-state index in [9.17, 15) is 50.6 Å². The predicted molar refractivity (Wildman–Crippen MR) is 150 cm³/mol. The van der Waals surface area contributed by atoms with Crippen LogP contribution in [0.5, 0.6) is 11.5 Å². The van der Waals surface area contributed by atoms with Crippen molar-refractivity contribution in [1.29, 1.82) is 0 Å². The van der Waals surface area contributed by atoms with Crippen LogP contribution in [0.2, 0.25) is 0 Å². The molecule has 4 N–H and O–H groups in total. The van der Waals surface area contributed by atoms with Crippen LogP contribution in [-0.2, 0) is 19.4 Å². The van der Waals surface area contributed by atoms with Gasteiger partial charge in [0.25, 0.3) is 15.7 Å². The van der Waals surface area contributed by atoms with Crippen molar-refractivity contribution in [2.75, 3.05) is 12.4 Å². The second-order valence-corrected chi connectivity index (χ2v) is 13.3. The SMILES string of the molecule is COc1cc(F)c(OC2CCC(C)(C(=O)O)CC2)cc1C(=O)N[C@H]1[C@@H](C(=O)Nc2cccc(S(=O)(=O)C(F)(F)F)c2)CC[C@@H]1O. The van der Waals surface area contributed by atoms with Crippen LogP contribution in [0.4, 0.5) is 23.2 Å². The number of anilines is 1. The quantitative estimate of drug-likeness (QED) is 0.290. The summed E-state index contributed by atoms with van der Waals surface area (Å²) in [5.74, 6) is -4.92. The lowest BCUT2D eigenvalue weighted by atomic mass is 9.75. The third kappa shape index (κ3) is 7.16. The molecule has 0 bridgehead atoms. The maximum Gasteiger partial charge on any atom is 0.501 e. The number of halogens is 4. The molecule has 2 aliphatic carbocycles. The predicted octanol–water partition coefficient (Wildman–Crippen LogP) is 4.05. The molecule has 0 aromatic heterocycles. The van der Waals surface area contributed by atoms with E-state index in [-0.39, 0.29) is 35.6 Å². The van der Waals surface area contributed by atoms with E-state index in [0.717, 1.165) is 24.3 Å². The van der Waals surface area contributed by atoms with E-state index in [1.807, 2.05) is 0 Å². The van der Waals surface area contributed by atoms with Crippen molar-refractivity contribution in [3.8, 4) is 11.5 Å². The summed E-state index contributed by atoms with van der Waals surface area (Å²) < 4.78 is 88.4. The maximum atomic E-state index is 14.9. The minimum absolute atomic E-state index is 0.0738. The number of amides is 2.